The monoisotopic (exact) mass is 282 g/mol. The Morgan fingerprint density at radius 2 is 2.26 bits per heavy atom. The summed E-state index contributed by atoms with van der Waals surface area (Å²) in [6.45, 7) is 5.56. The SMILES string of the molecule is C#CC[NH+](C)CC(=C)c1nccs1.O=C([O-])C(=O)O. The van der Waals surface area contributed by atoms with Gasteiger partial charge >= 0.3 is 5.97 Å². The summed E-state index contributed by atoms with van der Waals surface area (Å²) >= 11 is 1.62. The van der Waals surface area contributed by atoms with E-state index in [1.54, 1.807) is 17.5 Å². The molecule has 0 aromatic carbocycles. The lowest BCUT2D eigenvalue weighted by Gasteiger charge is -2.10. The third-order valence-corrected chi connectivity index (χ3v) is 2.70. The van der Waals surface area contributed by atoms with E-state index in [0.29, 0.717) is 0 Å². The van der Waals surface area contributed by atoms with Crippen LogP contribution in [0.5, 0.6) is 0 Å². The molecule has 1 rings (SSSR count). The number of aromatic nitrogens is 1. The van der Waals surface area contributed by atoms with Crippen molar-refractivity contribution in [3.05, 3.63) is 23.2 Å². The first-order chi connectivity index (χ1) is 8.88. The van der Waals surface area contributed by atoms with Crippen LogP contribution < -0.4 is 10.0 Å². The third-order valence-electron chi connectivity index (χ3n) is 1.83. The van der Waals surface area contributed by atoms with Gasteiger partial charge in [0, 0.05) is 17.2 Å². The Kier molecular flexibility index (Phi) is 7.84. The Balaban J connectivity index is 0.000000459. The fraction of sp³-hybridized carbons (Fsp3) is 0.250. The van der Waals surface area contributed by atoms with Crippen molar-refractivity contribution in [3.63, 3.8) is 0 Å². The van der Waals surface area contributed by atoms with Crippen molar-refractivity contribution < 1.29 is 24.7 Å². The predicted molar refractivity (Wildman–Crippen MR) is 69.2 cm³/mol. The Bertz CT molecular complexity index is 464. The van der Waals surface area contributed by atoms with Crippen molar-refractivity contribution in [3.8, 4) is 12.3 Å². The fourth-order valence-corrected chi connectivity index (χ4v) is 1.69. The molecule has 19 heavy (non-hydrogen) atoms. The van der Waals surface area contributed by atoms with Gasteiger partial charge in [-0.25, -0.2) is 9.78 Å². The van der Waals surface area contributed by atoms with E-state index in [-0.39, 0.29) is 0 Å². The first-order valence-electron chi connectivity index (χ1n) is 5.15. The van der Waals surface area contributed by atoms with Crippen molar-refractivity contribution in [2.24, 2.45) is 0 Å². The zero-order valence-corrected chi connectivity index (χ0v) is 11.2. The number of carboxylic acid groups (broad SMARTS) is 2. The zero-order chi connectivity index (χ0) is 14.8. The summed E-state index contributed by atoms with van der Waals surface area (Å²) in [5.74, 6) is -1.39. The lowest BCUT2D eigenvalue weighted by molar-refractivity contribution is -0.863. The quantitative estimate of drug-likeness (QED) is 0.498. The molecular weight excluding hydrogens is 268 g/mol. The van der Waals surface area contributed by atoms with Crippen LogP contribution in [0.15, 0.2) is 18.2 Å². The van der Waals surface area contributed by atoms with E-state index in [1.807, 2.05) is 5.38 Å². The molecule has 0 saturated heterocycles. The van der Waals surface area contributed by atoms with Gasteiger partial charge in [0.2, 0.25) is 0 Å². The molecule has 0 aliphatic heterocycles. The van der Waals surface area contributed by atoms with E-state index in [1.165, 1.54) is 4.90 Å². The van der Waals surface area contributed by atoms with Crippen LogP contribution in [0, 0.1) is 12.3 Å². The normalized spacial score (nSPS) is 10.5. The van der Waals surface area contributed by atoms with Gasteiger partial charge in [0.25, 0.3) is 0 Å². The summed E-state index contributed by atoms with van der Waals surface area (Å²) in [6, 6.07) is 0. The Morgan fingerprint density at radius 1 is 1.68 bits per heavy atom. The number of carboxylic acids is 2. The standard InChI is InChI=1S/C10H12N2S.C2H2O4/c1-4-6-12(3)8-9(2)10-11-5-7-13-10;3-1(4)2(5)6/h1,5,7H,2,6,8H2,3H3;(H,3,4)(H,5,6). The van der Waals surface area contributed by atoms with Gasteiger partial charge in [-0.3, -0.25) is 0 Å². The molecule has 2 N–H and O–H groups in total. The number of hydrogen-bond acceptors (Lipinski definition) is 5. The number of rotatable bonds is 4. The molecule has 0 aliphatic rings. The van der Waals surface area contributed by atoms with Crippen molar-refractivity contribution in [1.29, 1.82) is 0 Å². The number of nitrogens with zero attached hydrogens (tertiary/aromatic N) is 1. The molecule has 6 nitrogen and oxygen atoms in total. The fourth-order valence-electron chi connectivity index (χ4n) is 1.07. The predicted octanol–water partition coefficient (Wildman–Crippen LogP) is -1.87. The van der Waals surface area contributed by atoms with Crippen LogP contribution in [0.3, 0.4) is 0 Å². The van der Waals surface area contributed by atoms with E-state index in [0.717, 1.165) is 23.7 Å². The Hall–Kier alpha value is -2.17. The average molecular weight is 282 g/mol. The van der Waals surface area contributed by atoms with Crippen LogP contribution >= 0.6 is 11.3 Å². The van der Waals surface area contributed by atoms with E-state index in [9.17, 15) is 0 Å². The smallest absolute Gasteiger partial charge is 0.351 e. The lowest BCUT2D eigenvalue weighted by atomic mass is 10.3. The van der Waals surface area contributed by atoms with Crippen LogP contribution in [0.1, 0.15) is 5.01 Å². The van der Waals surface area contributed by atoms with Crippen LogP contribution in [-0.4, -0.2) is 42.2 Å². The minimum atomic E-state index is -2.07. The van der Waals surface area contributed by atoms with Crippen molar-refractivity contribution in [2.75, 3.05) is 20.1 Å². The van der Waals surface area contributed by atoms with Gasteiger partial charge in [-0.05, 0) is 5.92 Å². The molecular formula is C12H14N2O4S. The highest BCUT2D eigenvalue weighted by molar-refractivity contribution is 7.10. The number of likely N-dealkylation sites (N-methyl/N-ethyl adjacent to an activating group) is 1. The second-order valence-electron chi connectivity index (χ2n) is 3.55. The average Bonchev–Trinajstić information content (AvgIpc) is 2.83. The lowest BCUT2D eigenvalue weighted by Crippen LogP contribution is -3.08. The Labute approximate surface area is 115 Å². The van der Waals surface area contributed by atoms with Gasteiger partial charge in [0.1, 0.15) is 18.1 Å². The number of carbonyl (C=O) groups is 2. The number of quaternary nitrogens is 1. The third kappa shape index (κ3) is 7.70. The molecule has 1 atom stereocenters. The topological polar surface area (TPSA) is 94.8 Å². The van der Waals surface area contributed by atoms with E-state index in [2.05, 4.69) is 24.5 Å². The van der Waals surface area contributed by atoms with Crippen LogP contribution in [0.4, 0.5) is 0 Å². The molecule has 1 aromatic heterocycles. The van der Waals surface area contributed by atoms with Gasteiger partial charge in [0.05, 0.1) is 7.05 Å². The molecule has 7 heteroatoms. The van der Waals surface area contributed by atoms with Gasteiger partial charge < -0.3 is 19.9 Å². The molecule has 1 aromatic rings. The van der Waals surface area contributed by atoms with Gasteiger partial charge in [0.15, 0.2) is 5.97 Å². The minimum Gasteiger partial charge on any atom is -0.539 e. The van der Waals surface area contributed by atoms with Gasteiger partial charge in [-0.15, -0.1) is 17.8 Å². The largest absolute Gasteiger partial charge is 0.539 e. The number of terminal acetylenes is 1. The first kappa shape index (κ1) is 16.8. The van der Waals surface area contributed by atoms with Crippen molar-refractivity contribution in [2.45, 2.75) is 0 Å². The van der Waals surface area contributed by atoms with E-state index < -0.39 is 11.9 Å². The highest BCUT2D eigenvalue weighted by Gasteiger charge is 2.06. The van der Waals surface area contributed by atoms with Crippen molar-refractivity contribution >= 4 is 28.8 Å². The summed E-state index contributed by atoms with van der Waals surface area (Å²) in [7, 11) is 2.05. The van der Waals surface area contributed by atoms with Gasteiger partial charge in [-0.1, -0.05) is 6.58 Å². The summed E-state index contributed by atoms with van der Waals surface area (Å²) in [5.41, 5.74) is 1.06. The molecule has 1 heterocycles. The van der Waals surface area contributed by atoms with E-state index >= 15 is 0 Å². The summed E-state index contributed by atoms with van der Waals surface area (Å²) in [6.07, 6.45) is 7.00. The van der Waals surface area contributed by atoms with Crippen LogP contribution in [0.25, 0.3) is 5.57 Å². The Morgan fingerprint density at radius 3 is 2.63 bits per heavy atom. The molecule has 0 spiro atoms. The maximum absolute atomic E-state index is 9.04. The molecule has 0 saturated carbocycles. The van der Waals surface area contributed by atoms with Crippen LogP contribution in [-0.2, 0) is 9.59 Å². The van der Waals surface area contributed by atoms with Gasteiger partial charge in [-0.2, -0.15) is 0 Å². The highest BCUT2D eigenvalue weighted by atomic mass is 32.1. The summed E-state index contributed by atoms with van der Waals surface area (Å²) in [4.78, 5) is 23.5. The van der Waals surface area contributed by atoms with E-state index in [4.69, 9.17) is 26.2 Å². The van der Waals surface area contributed by atoms with Crippen molar-refractivity contribution in [1.82, 2.24) is 4.98 Å². The summed E-state index contributed by atoms with van der Waals surface area (Å²) < 4.78 is 0. The number of thiazole rings is 1. The molecule has 0 fully saturated rings. The number of carbonyl (C=O) groups excluding carboxylic acids is 1. The number of hydrogen-bond donors (Lipinski definition) is 2. The zero-order valence-electron chi connectivity index (χ0n) is 10.4. The molecule has 0 radical (unpaired) electrons. The van der Waals surface area contributed by atoms with Crippen LogP contribution in [0.2, 0.25) is 0 Å². The minimum absolute atomic E-state index is 0.727. The number of aliphatic carboxylic acids is 2. The molecule has 0 amide bonds. The molecule has 0 aliphatic carbocycles. The first-order valence-corrected chi connectivity index (χ1v) is 6.03. The number of nitrogens with one attached hydrogen (secondary N) is 1. The second-order valence-corrected chi connectivity index (χ2v) is 4.44. The summed E-state index contributed by atoms with van der Waals surface area (Å²) in [5, 5.41) is 19.3. The highest BCUT2D eigenvalue weighted by Crippen LogP contribution is 2.12. The second kappa shape index (κ2) is 8.85. The molecule has 102 valence electrons. The maximum Gasteiger partial charge on any atom is 0.351 e. The molecule has 0 bridgehead atoms. The maximum atomic E-state index is 9.04. The molecule has 1 unspecified atom stereocenters.